The number of nitrogens with zero attached hydrogens (tertiary/aromatic N) is 2. The Kier molecular flexibility index (Phi) is 7.10. The molecule has 0 saturated carbocycles. The summed E-state index contributed by atoms with van der Waals surface area (Å²) in [7, 11) is 2.17. The van der Waals surface area contributed by atoms with E-state index in [-0.39, 0.29) is 18.0 Å². The lowest BCUT2D eigenvalue weighted by Crippen LogP contribution is -2.49. The van der Waals surface area contributed by atoms with Crippen molar-refractivity contribution < 1.29 is 9.59 Å². The minimum atomic E-state index is -0.0734. The average molecular weight is 373 g/mol. The molecule has 0 spiro atoms. The van der Waals surface area contributed by atoms with Crippen LogP contribution in [-0.2, 0) is 0 Å². The van der Waals surface area contributed by atoms with Crippen LogP contribution < -0.4 is 10.6 Å². The van der Waals surface area contributed by atoms with Gasteiger partial charge in [-0.25, -0.2) is 4.79 Å². The maximum atomic E-state index is 12.5. The molecule has 2 aliphatic rings. The number of amides is 3. The first-order chi connectivity index (χ1) is 13.1. The third kappa shape index (κ3) is 5.96. The van der Waals surface area contributed by atoms with Crippen molar-refractivity contribution in [3.63, 3.8) is 0 Å². The first-order valence-electron chi connectivity index (χ1n) is 10.2. The summed E-state index contributed by atoms with van der Waals surface area (Å²) in [5, 5.41) is 6.07. The first kappa shape index (κ1) is 19.7. The molecular formula is C21H32N4O2. The number of urea groups is 1. The molecule has 3 amide bonds. The number of nitrogens with one attached hydrogen (secondary N) is 2. The minimum absolute atomic E-state index is 0.0734. The molecule has 0 bridgehead atoms. The predicted molar refractivity (Wildman–Crippen MR) is 107 cm³/mol. The molecule has 3 rings (SSSR count). The van der Waals surface area contributed by atoms with E-state index in [0.29, 0.717) is 13.1 Å². The second-order valence-electron chi connectivity index (χ2n) is 7.87. The van der Waals surface area contributed by atoms with E-state index in [1.807, 2.05) is 35.2 Å². The second kappa shape index (κ2) is 9.74. The number of piperidine rings is 2. The van der Waals surface area contributed by atoms with Crippen molar-refractivity contribution in [2.75, 3.05) is 39.8 Å². The maximum absolute atomic E-state index is 12.5. The number of carbonyl (C=O) groups excluding carboxylic acids is 2. The zero-order valence-corrected chi connectivity index (χ0v) is 16.3. The quantitative estimate of drug-likeness (QED) is 0.834. The van der Waals surface area contributed by atoms with Gasteiger partial charge in [-0.1, -0.05) is 18.2 Å². The number of hydrogen-bond donors (Lipinski definition) is 2. The van der Waals surface area contributed by atoms with Crippen LogP contribution in [0.3, 0.4) is 0 Å². The molecule has 2 aliphatic heterocycles. The molecular weight excluding hydrogens is 340 g/mol. The van der Waals surface area contributed by atoms with Crippen LogP contribution in [0.15, 0.2) is 30.3 Å². The third-order valence-corrected chi connectivity index (χ3v) is 5.81. The van der Waals surface area contributed by atoms with Crippen LogP contribution in [0.25, 0.3) is 0 Å². The van der Waals surface area contributed by atoms with Crippen molar-refractivity contribution in [2.24, 2.45) is 5.92 Å². The standard InChI is InChI=1S/C21H32N4O2/c1-24-13-8-17(9-14-24)7-12-22-21(27)23-19-10-15-25(16-11-19)20(26)18-5-3-2-4-6-18/h2-6,17,19H,7-16H2,1H3,(H2,22,23,27). The van der Waals surface area contributed by atoms with Gasteiger partial charge in [0.2, 0.25) is 0 Å². The molecule has 0 atom stereocenters. The lowest BCUT2D eigenvalue weighted by Gasteiger charge is -2.32. The Labute approximate surface area is 162 Å². The van der Waals surface area contributed by atoms with E-state index in [1.165, 1.54) is 12.8 Å². The van der Waals surface area contributed by atoms with Crippen LogP contribution in [0.5, 0.6) is 0 Å². The van der Waals surface area contributed by atoms with Gasteiger partial charge in [-0.05, 0) is 70.3 Å². The molecule has 0 radical (unpaired) electrons. The highest BCUT2D eigenvalue weighted by atomic mass is 16.2. The average Bonchev–Trinajstić information content (AvgIpc) is 2.70. The number of rotatable bonds is 5. The van der Waals surface area contributed by atoms with Crippen molar-refractivity contribution in [3.8, 4) is 0 Å². The van der Waals surface area contributed by atoms with Crippen molar-refractivity contribution in [2.45, 2.75) is 38.1 Å². The smallest absolute Gasteiger partial charge is 0.315 e. The summed E-state index contributed by atoms with van der Waals surface area (Å²) in [4.78, 5) is 28.8. The Morgan fingerprint density at radius 2 is 1.67 bits per heavy atom. The van der Waals surface area contributed by atoms with Gasteiger partial charge in [-0.3, -0.25) is 4.79 Å². The Morgan fingerprint density at radius 3 is 2.33 bits per heavy atom. The molecule has 148 valence electrons. The van der Waals surface area contributed by atoms with Gasteiger partial charge in [0.05, 0.1) is 0 Å². The monoisotopic (exact) mass is 372 g/mol. The topological polar surface area (TPSA) is 64.7 Å². The lowest BCUT2D eigenvalue weighted by atomic mass is 9.94. The van der Waals surface area contributed by atoms with Crippen LogP contribution in [0.4, 0.5) is 4.79 Å². The van der Waals surface area contributed by atoms with Gasteiger partial charge in [-0.2, -0.15) is 0 Å². The Morgan fingerprint density at radius 1 is 1.00 bits per heavy atom. The third-order valence-electron chi connectivity index (χ3n) is 5.81. The molecule has 27 heavy (non-hydrogen) atoms. The number of likely N-dealkylation sites (tertiary alicyclic amines) is 2. The van der Waals surface area contributed by atoms with E-state index < -0.39 is 0 Å². The van der Waals surface area contributed by atoms with Gasteiger partial charge >= 0.3 is 6.03 Å². The Balaban J connectivity index is 1.32. The van der Waals surface area contributed by atoms with Crippen LogP contribution in [0.2, 0.25) is 0 Å². The van der Waals surface area contributed by atoms with Crippen LogP contribution in [0.1, 0.15) is 42.5 Å². The zero-order valence-electron chi connectivity index (χ0n) is 16.3. The minimum Gasteiger partial charge on any atom is -0.338 e. The summed E-state index contributed by atoms with van der Waals surface area (Å²) in [5.41, 5.74) is 0.732. The molecule has 6 heteroatoms. The first-order valence-corrected chi connectivity index (χ1v) is 10.2. The van der Waals surface area contributed by atoms with Gasteiger partial charge in [0, 0.05) is 31.2 Å². The Hall–Kier alpha value is -2.08. The van der Waals surface area contributed by atoms with Crippen LogP contribution >= 0.6 is 0 Å². The fourth-order valence-corrected chi connectivity index (χ4v) is 3.97. The fourth-order valence-electron chi connectivity index (χ4n) is 3.97. The summed E-state index contributed by atoms with van der Waals surface area (Å²) in [6, 6.07) is 9.46. The molecule has 1 aromatic carbocycles. The van der Waals surface area contributed by atoms with Crippen molar-refractivity contribution in [1.82, 2.24) is 20.4 Å². The molecule has 2 fully saturated rings. The van der Waals surface area contributed by atoms with E-state index in [4.69, 9.17) is 0 Å². The molecule has 0 unspecified atom stereocenters. The Bertz CT molecular complexity index is 606. The number of carbonyl (C=O) groups is 2. The van der Waals surface area contributed by atoms with Gasteiger partial charge < -0.3 is 20.4 Å². The SMILES string of the molecule is CN1CCC(CCNC(=O)NC2CCN(C(=O)c3ccccc3)CC2)CC1. The predicted octanol–water partition coefficient (Wildman–Crippen LogP) is 2.32. The summed E-state index contributed by atoms with van der Waals surface area (Å²) in [6.45, 7) is 4.45. The summed E-state index contributed by atoms with van der Waals surface area (Å²) in [6.07, 6.45) is 5.13. The number of hydrogen-bond acceptors (Lipinski definition) is 3. The second-order valence-corrected chi connectivity index (χ2v) is 7.87. The zero-order chi connectivity index (χ0) is 19.1. The van der Waals surface area contributed by atoms with E-state index in [2.05, 4.69) is 22.6 Å². The summed E-state index contributed by atoms with van der Waals surface area (Å²) < 4.78 is 0. The van der Waals surface area contributed by atoms with Crippen molar-refractivity contribution in [3.05, 3.63) is 35.9 Å². The highest BCUT2D eigenvalue weighted by molar-refractivity contribution is 5.94. The summed E-state index contributed by atoms with van der Waals surface area (Å²) in [5.74, 6) is 0.811. The van der Waals surface area contributed by atoms with E-state index in [9.17, 15) is 9.59 Å². The van der Waals surface area contributed by atoms with Crippen LogP contribution in [0, 0.1) is 5.92 Å². The van der Waals surface area contributed by atoms with Gasteiger partial charge in [0.1, 0.15) is 0 Å². The fraction of sp³-hybridized carbons (Fsp3) is 0.619. The highest BCUT2D eigenvalue weighted by Crippen LogP contribution is 2.18. The van der Waals surface area contributed by atoms with Crippen LogP contribution in [-0.4, -0.2) is 67.6 Å². The van der Waals surface area contributed by atoms with Gasteiger partial charge in [0.15, 0.2) is 0 Å². The molecule has 0 aliphatic carbocycles. The molecule has 2 saturated heterocycles. The summed E-state index contributed by atoms with van der Waals surface area (Å²) >= 11 is 0. The normalized spacial score (nSPS) is 19.7. The maximum Gasteiger partial charge on any atom is 0.315 e. The van der Waals surface area contributed by atoms with Gasteiger partial charge in [0.25, 0.3) is 5.91 Å². The highest BCUT2D eigenvalue weighted by Gasteiger charge is 2.24. The molecule has 2 heterocycles. The molecule has 6 nitrogen and oxygen atoms in total. The van der Waals surface area contributed by atoms with Gasteiger partial charge in [-0.15, -0.1) is 0 Å². The van der Waals surface area contributed by atoms with E-state index >= 15 is 0 Å². The van der Waals surface area contributed by atoms with E-state index in [0.717, 1.165) is 50.4 Å². The lowest BCUT2D eigenvalue weighted by molar-refractivity contribution is 0.0708. The largest absolute Gasteiger partial charge is 0.338 e. The molecule has 2 N–H and O–H groups in total. The van der Waals surface area contributed by atoms with Crippen molar-refractivity contribution in [1.29, 1.82) is 0 Å². The van der Waals surface area contributed by atoms with E-state index in [1.54, 1.807) is 0 Å². The van der Waals surface area contributed by atoms with Crippen molar-refractivity contribution >= 4 is 11.9 Å². The molecule has 0 aromatic heterocycles. The number of benzene rings is 1. The molecule has 1 aromatic rings.